The molecule has 7 heteroatoms. The molecule has 24 heavy (non-hydrogen) atoms. The fourth-order valence-electron chi connectivity index (χ4n) is 3.27. The van der Waals surface area contributed by atoms with E-state index in [4.69, 9.17) is 23.2 Å². The molecule has 0 unspecified atom stereocenters. The van der Waals surface area contributed by atoms with Crippen molar-refractivity contribution in [2.45, 2.75) is 25.1 Å². The van der Waals surface area contributed by atoms with E-state index in [1.165, 1.54) is 12.1 Å². The Bertz CT molecular complexity index is 780. The lowest BCUT2D eigenvalue weighted by atomic mass is 10.1. The molecule has 2 atom stereocenters. The third-order valence-electron chi connectivity index (χ3n) is 4.35. The van der Waals surface area contributed by atoms with Crippen LogP contribution in [0.25, 0.3) is 0 Å². The van der Waals surface area contributed by atoms with Crippen LogP contribution in [0.1, 0.15) is 22.7 Å². The number of hydrogen-bond acceptors (Lipinski definition) is 4. The molecule has 5 nitrogen and oxygen atoms in total. The molecular weight excluding hydrogens is 351 g/mol. The molecule has 0 amide bonds. The van der Waals surface area contributed by atoms with Crippen LogP contribution >= 0.6 is 23.2 Å². The highest BCUT2D eigenvalue weighted by atomic mass is 35.5. The lowest BCUT2D eigenvalue weighted by Gasteiger charge is -2.28. The number of rotatable bonds is 4. The average Bonchev–Trinajstić information content (AvgIpc) is 2.84. The number of benzene rings is 2. The van der Waals surface area contributed by atoms with E-state index in [1.54, 1.807) is 18.2 Å². The number of hydrogen-bond donors (Lipinski definition) is 1. The van der Waals surface area contributed by atoms with Gasteiger partial charge in [-0.15, -0.1) is 0 Å². The molecule has 3 rings (SSSR count). The molecule has 0 aliphatic heterocycles. The number of aliphatic hydroxyl groups excluding tert-OH is 1. The predicted octanol–water partition coefficient (Wildman–Crippen LogP) is 3.99. The minimum absolute atomic E-state index is 0.0613. The summed E-state index contributed by atoms with van der Waals surface area (Å²) < 4.78 is 0. The number of likely N-dealkylation sites (N-methyl/N-ethyl adjacent to an activating group) is 1. The maximum atomic E-state index is 10.7. The summed E-state index contributed by atoms with van der Waals surface area (Å²) in [5.74, 6) is 0. The van der Waals surface area contributed by atoms with E-state index in [1.807, 2.05) is 18.0 Å². The van der Waals surface area contributed by atoms with Gasteiger partial charge in [0.1, 0.15) is 0 Å². The van der Waals surface area contributed by atoms with Gasteiger partial charge in [0.05, 0.1) is 17.1 Å². The van der Waals surface area contributed by atoms with Crippen LogP contribution in [0.5, 0.6) is 0 Å². The molecule has 0 fully saturated rings. The van der Waals surface area contributed by atoms with E-state index >= 15 is 0 Å². The highest BCUT2D eigenvalue weighted by molar-refractivity contribution is 6.35. The summed E-state index contributed by atoms with van der Waals surface area (Å²) >= 11 is 12.3. The minimum Gasteiger partial charge on any atom is -0.391 e. The smallest absolute Gasteiger partial charge is 0.269 e. The predicted molar refractivity (Wildman–Crippen MR) is 93.5 cm³/mol. The van der Waals surface area contributed by atoms with Crippen LogP contribution in [-0.4, -0.2) is 28.1 Å². The Balaban J connectivity index is 1.83. The van der Waals surface area contributed by atoms with Gasteiger partial charge in [0, 0.05) is 35.1 Å². The van der Waals surface area contributed by atoms with E-state index in [2.05, 4.69) is 0 Å². The van der Waals surface area contributed by atoms with Gasteiger partial charge >= 0.3 is 0 Å². The quantitative estimate of drug-likeness (QED) is 0.656. The molecule has 1 aliphatic carbocycles. The maximum absolute atomic E-state index is 10.7. The number of nitrogens with zero attached hydrogens (tertiary/aromatic N) is 2. The minimum atomic E-state index is -0.570. The van der Waals surface area contributed by atoms with Gasteiger partial charge < -0.3 is 5.11 Å². The molecule has 0 saturated carbocycles. The van der Waals surface area contributed by atoms with E-state index in [0.717, 1.165) is 16.7 Å². The van der Waals surface area contributed by atoms with Gasteiger partial charge in [-0.1, -0.05) is 35.3 Å². The van der Waals surface area contributed by atoms with Crippen LogP contribution in [-0.2, 0) is 13.0 Å². The summed E-state index contributed by atoms with van der Waals surface area (Å²) in [4.78, 5) is 12.3. The third-order valence-corrected chi connectivity index (χ3v) is 4.90. The summed E-state index contributed by atoms with van der Waals surface area (Å²) in [6.07, 6.45) is -0.0836. The summed E-state index contributed by atoms with van der Waals surface area (Å²) in [5, 5.41) is 22.3. The van der Waals surface area contributed by atoms with Gasteiger partial charge in [0.25, 0.3) is 5.69 Å². The summed E-state index contributed by atoms with van der Waals surface area (Å²) in [5.41, 5.74) is 2.85. The van der Waals surface area contributed by atoms with Crippen molar-refractivity contribution in [3.05, 3.63) is 73.2 Å². The second-order valence-corrected chi connectivity index (χ2v) is 6.85. The molecule has 1 aliphatic rings. The fraction of sp³-hybridized carbons (Fsp3) is 0.294. The molecule has 2 aromatic rings. The average molecular weight is 367 g/mol. The molecule has 126 valence electrons. The van der Waals surface area contributed by atoms with E-state index < -0.39 is 11.0 Å². The van der Waals surface area contributed by atoms with Crippen LogP contribution in [0.3, 0.4) is 0 Å². The SMILES string of the molecule is CN(Cc1ccc([N+](=O)[O-])cc1)[C@H]1c2cc(Cl)cc(Cl)c2C[C@@H]1O. The van der Waals surface area contributed by atoms with E-state index in [-0.39, 0.29) is 11.7 Å². The Labute approximate surface area is 149 Å². The number of nitro benzene ring substituents is 1. The Morgan fingerprint density at radius 2 is 1.96 bits per heavy atom. The maximum Gasteiger partial charge on any atom is 0.269 e. The Morgan fingerprint density at radius 1 is 1.29 bits per heavy atom. The molecule has 0 bridgehead atoms. The number of fused-ring (bicyclic) bond motifs is 1. The van der Waals surface area contributed by atoms with E-state index in [9.17, 15) is 15.2 Å². The Morgan fingerprint density at radius 3 is 2.58 bits per heavy atom. The van der Waals surface area contributed by atoms with Crippen molar-refractivity contribution in [2.75, 3.05) is 7.05 Å². The van der Waals surface area contributed by atoms with Crippen LogP contribution in [0, 0.1) is 10.1 Å². The molecule has 1 N–H and O–H groups in total. The summed E-state index contributed by atoms with van der Waals surface area (Å²) in [6.45, 7) is 0.545. The first-order valence-electron chi connectivity index (χ1n) is 7.46. The van der Waals surface area contributed by atoms with Crippen LogP contribution in [0.4, 0.5) is 5.69 Å². The van der Waals surface area contributed by atoms with Crippen molar-refractivity contribution in [2.24, 2.45) is 0 Å². The van der Waals surface area contributed by atoms with Gasteiger partial charge in [-0.05, 0) is 35.9 Å². The number of nitro groups is 1. The molecule has 0 aromatic heterocycles. The molecular formula is C17H16Cl2N2O3. The molecule has 0 spiro atoms. The monoisotopic (exact) mass is 366 g/mol. The Kier molecular flexibility index (Phi) is 4.78. The number of aliphatic hydroxyl groups is 1. The van der Waals surface area contributed by atoms with Crippen molar-refractivity contribution in [1.82, 2.24) is 4.90 Å². The highest BCUT2D eigenvalue weighted by Crippen LogP contribution is 2.41. The van der Waals surface area contributed by atoms with Gasteiger partial charge in [0.15, 0.2) is 0 Å². The molecule has 0 radical (unpaired) electrons. The first-order valence-corrected chi connectivity index (χ1v) is 8.22. The third kappa shape index (κ3) is 3.26. The lowest BCUT2D eigenvalue weighted by Crippen LogP contribution is -2.30. The van der Waals surface area contributed by atoms with Gasteiger partial charge in [-0.2, -0.15) is 0 Å². The highest BCUT2D eigenvalue weighted by Gasteiger charge is 2.35. The van der Waals surface area contributed by atoms with Gasteiger partial charge in [-0.3, -0.25) is 15.0 Å². The van der Waals surface area contributed by atoms with Gasteiger partial charge in [0.2, 0.25) is 0 Å². The molecule has 0 saturated heterocycles. The summed E-state index contributed by atoms with van der Waals surface area (Å²) in [6, 6.07) is 9.73. The number of halogens is 2. The zero-order valence-electron chi connectivity index (χ0n) is 12.9. The van der Waals surface area contributed by atoms with Crippen molar-refractivity contribution < 1.29 is 10.0 Å². The van der Waals surface area contributed by atoms with E-state index in [0.29, 0.717) is 23.0 Å². The van der Waals surface area contributed by atoms with Crippen LogP contribution in [0.15, 0.2) is 36.4 Å². The standard InChI is InChI=1S/C17H16Cl2N2O3/c1-20(9-10-2-4-12(5-3-10)21(23)24)17-14-6-11(18)7-15(19)13(14)8-16(17)22/h2-7,16-17,22H,8-9H2,1H3/t16-,17-/m0/s1. The topological polar surface area (TPSA) is 66.6 Å². The molecule has 0 heterocycles. The zero-order chi connectivity index (χ0) is 17.4. The first-order chi connectivity index (χ1) is 11.4. The van der Waals surface area contributed by atoms with Gasteiger partial charge in [-0.25, -0.2) is 0 Å². The summed E-state index contributed by atoms with van der Waals surface area (Å²) in [7, 11) is 1.90. The normalized spacial score (nSPS) is 19.5. The van der Waals surface area contributed by atoms with Crippen molar-refractivity contribution in [1.29, 1.82) is 0 Å². The first kappa shape index (κ1) is 17.2. The zero-order valence-corrected chi connectivity index (χ0v) is 14.5. The second-order valence-electron chi connectivity index (χ2n) is 6.01. The fourth-order valence-corrected chi connectivity index (χ4v) is 3.86. The largest absolute Gasteiger partial charge is 0.391 e. The number of non-ortho nitro benzene ring substituents is 1. The van der Waals surface area contributed by atoms with Crippen molar-refractivity contribution in [3.63, 3.8) is 0 Å². The molecule has 2 aromatic carbocycles. The van der Waals surface area contributed by atoms with Crippen molar-refractivity contribution in [3.8, 4) is 0 Å². The Hall–Kier alpha value is -1.66. The van der Waals surface area contributed by atoms with Crippen molar-refractivity contribution >= 4 is 28.9 Å². The lowest BCUT2D eigenvalue weighted by molar-refractivity contribution is -0.384. The second kappa shape index (κ2) is 6.69. The van der Waals surface area contributed by atoms with Crippen LogP contribution < -0.4 is 0 Å². The van der Waals surface area contributed by atoms with Crippen LogP contribution in [0.2, 0.25) is 10.0 Å².